The summed E-state index contributed by atoms with van der Waals surface area (Å²) in [6.07, 6.45) is 3.49. The third-order valence-corrected chi connectivity index (χ3v) is 2.18. The zero-order valence-electron chi connectivity index (χ0n) is 7.28. The molecular formula is C8H6BrClN4. The third kappa shape index (κ3) is 1.93. The Morgan fingerprint density at radius 2 is 2.21 bits per heavy atom. The highest BCUT2D eigenvalue weighted by molar-refractivity contribution is 9.10. The molecule has 0 saturated heterocycles. The average molecular weight is 274 g/mol. The molecule has 2 rings (SSSR count). The Bertz CT molecular complexity index is 448. The van der Waals surface area contributed by atoms with Gasteiger partial charge in [-0.05, 0) is 22.9 Å². The van der Waals surface area contributed by atoms with Crippen LogP contribution >= 0.6 is 27.5 Å². The van der Waals surface area contributed by atoms with Crippen LogP contribution in [0, 0.1) is 6.92 Å². The van der Waals surface area contributed by atoms with Crippen molar-refractivity contribution in [1.29, 1.82) is 0 Å². The highest BCUT2D eigenvalue weighted by atomic mass is 79.9. The van der Waals surface area contributed by atoms with Gasteiger partial charge in [0.15, 0.2) is 5.82 Å². The molecule has 0 fully saturated rings. The molecule has 14 heavy (non-hydrogen) atoms. The van der Waals surface area contributed by atoms with Crippen LogP contribution in [-0.4, -0.2) is 19.7 Å². The zero-order chi connectivity index (χ0) is 10.1. The normalized spacial score (nSPS) is 10.5. The maximum atomic E-state index is 5.80. The monoisotopic (exact) mass is 272 g/mol. The van der Waals surface area contributed by atoms with Gasteiger partial charge < -0.3 is 0 Å². The van der Waals surface area contributed by atoms with Crippen molar-refractivity contribution in [2.45, 2.75) is 6.92 Å². The van der Waals surface area contributed by atoms with E-state index in [2.05, 4.69) is 31.0 Å². The summed E-state index contributed by atoms with van der Waals surface area (Å²) in [5.74, 6) is 1.28. The number of hydrogen-bond donors (Lipinski definition) is 0. The van der Waals surface area contributed by atoms with Crippen molar-refractivity contribution in [2.75, 3.05) is 0 Å². The second-order valence-electron chi connectivity index (χ2n) is 2.70. The van der Waals surface area contributed by atoms with Crippen LogP contribution in [0.1, 0.15) is 5.82 Å². The van der Waals surface area contributed by atoms with Crippen molar-refractivity contribution in [2.24, 2.45) is 0 Å². The highest BCUT2D eigenvalue weighted by Crippen LogP contribution is 2.13. The van der Waals surface area contributed by atoms with E-state index in [1.807, 2.05) is 0 Å². The van der Waals surface area contributed by atoms with E-state index in [0.29, 0.717) is 16.8 Å². The first-order valence-electron chi connectivity index (χ1n) is 3.87. The molecule has 4 nitrogen and oxygen atoms in total. The van der Waals surface area contributed by atoms with Gasteiger partial charge in [0.05, 0.1) is 10.7 Å². The molecule has 2 heterocycles. The molecule has 0 atom stereocenters. The Balaban J connectivity index is 2.51. The molecule has 0 aliphatic carbocycles. The van der Waals surface area contributed by atoms with E-state index in [4.69, 9.17) is 11.6 Å². The van der Waals surface area contributed by atoms with Gasteiger partial charge in [-0.1, -0.05) is 11.6 Å². The van der Waals surface area contributed by atoms with Crippen molar-refractivity contribution >= 4 is 27.5 Å². The van der Waals surface area contributed by atoms with E-state index in [1.54, 1.807) is 30.1 Å². The average Bonchev–Trinajstić information content (AvgIpc) is 2.50. The van der Waals surface area contributed by atoms with E-state index in [9.17, 15) is 0 Å². The topological polar surface area (TPSA) is 43.6 Å². The lowest BCUT2D eigenvalue weighted by molar-refractivity contribution is 0.828. The highest BCUT2D eigenvalue weighted by Gasteiger charge is 2.03. The minimum absolute atomic E-state index is 0.416. The quantitative estimate of drug-likeness (QED) is 0.749. The van der Waals surface area contributed by atoms with Crippen molar-refractivity contribution in [3.8, 4) is 5.82 Å². The summed E-state index contributed by atoms with van der Waals surface area (Å²) in [5.41, 5.74) is 0. The lowest BCUT2D eigenvalue weighted by Gasteiger charge is -2.01. The molecular weight excluding hydrogens is 267 g/mol. The van der Waals surface area contributed by atoms with Crippen LogP contribution in [0.5, 0.6) is 0 Å². The summed E-state index contributed by atoms with van der Waals surface area (Å²) in [6, 6.07) is 1.66. The fourth-order valence-electron chi connectivity index (χ4n) is 1.06. The van der Waals surface area contributed by atoms with Gasteiger partial charge in [-0.2, -0.15) is 5.10 Å². The minimum Gasteiger partial charge on any atom is -0.221 e. The molecule has 0 N–H and O–H groups in total. The van der Waals surface area contributed by atoms with Gasteiger partial charge in [-0.3, -0.25) is 0 Å². The molecule has 0 spiro atoms. The molecule has 0 aromatic carbocycles. The summed E-state index contributed by atoms with van der Waals surface area (Å²) in [4.78, 5) is 8.17. The molecule has 72 valence electrons. The summed E-state index contributed by atoms with van der Waals surface area (Å²) >= 11 is 9.11. The van der Waals surface area contributed by atoms with Gasteiger partial charge in [0.25, 0.3) is 0 Å². The Hall–Kier alpha value is -0.940. The van der Waals surface area contributed by atoms with Gasteiger partial charge >= 0.3 is 0 Å². The van der Waals surface area contributed by atoms with Crippen LogP contribution in [0.2, 0.25) is 5.15 Å². The molecule has 2 aromatic heterocycles. The Kier molecular flexibility index (Phi) is 2.52. The van der Waals surface area contributed by atoms with E-state index in [1.165, 1.54) is 0 Å². The summed E-state index contributed by atoms with van der Waals surface area (Å²) in [7, 11) is 0. The van der Waals surface area contributed by atoms with Crippen LogP contribution in [0.4, 0.5) is 0 Å². The maximum absolute atomic E-state index is 5.80. The molecule has 0 aliphatic heterocycles. The lowest BCUT2D eigenvalue weighted by Crippen LogP contribution is -2.00. The van der Waals surface area contributed by atoms with Crippen molar-refractivity contribution in [1.82, 2.24) is 19.7 Å². The standard InChI is InChI=1S/C8H6BrClN4/c1-5-12-7(10)2-8(13-5)14-4-6(9)3-11-14/h2-4H,1H3. The van der Waals surface area contributed by atoms with Gasteiger partial charge in [0.1, 0.15) is 11.0 Å². The molecule has 0 radical (unpaired) electrons. The third-order valence-electron chi connectivity index (χ3n) is 1.58. The number of aryl methyl sites for hydroxylation is 1. The van der Waals surface area contributed by atoms with Crippen molar-refractivity contribution in [3.05, 3.63) is 33.9 Å². The second kappa shape index (κ2) is 3.67. The first-order valence-corrected chi connectivity index (χ1v) is 5.04. The number of rotatable bonds is 1. The van der Waals surface area contributed by atoms with Crippen LogP contribution in [0.25, 0.3) is 5.82 Å². The lowest BCUT2D eigenvalue weighted by atomic mass is 10.5. The Labute approximate surface area is 94.1 Å². The van der Waals surface area contributed by atoms with Gasteiger partial charge in [-0.25, -0.2) is 14.6 Å². The largest absolute Gasteiger partial charge is 0.221 e. The van der Waals surface area contributed by atoms with Crippen molar-refractivity contribution in [3.63, 3.8) is 0 Å². The number of aromatic nitrogens is 4. The minimum atomic E-state index is 0.416. The van der Waals surface area contributed by atoms with Crippen LogP contribution < -0.4 is 0 Å². The fourth-order valence-corrected chi connectivity index (χ4v) is 1.57. The van der Waals surface area contributed by atoms with E-state index in [0.717, 1.165) is 4.47 Å². The molecule has 6 heteroatoms. The van der Waals surface area contributed by atoms with Crippen LogP contribution in [-0.2, 0) is 0 Å². The molecule has 2 aromatic rings. The Morgan fingerprint density at radius 3 is 2.79 bits per heavy atom. The van der Waals surface area contributed by atoms with Gasteiger partial charge in [0, 0.05) is 12.3 Å². The van der Waals surface area contributed by atoms with Gasteiger partial charge in [-0.15, -0.1) is 0 Å². The molecule has 0 amide bonds. The second-order valence-corrected chi connectivity index (χ2v) is 4.00. The summed E-state index contributed by atoms with van der Waals surface area (Å²) in [5, 5.41) is 4.50. The predicted molar refractivity (Wildman–Crippen MR) is 56.6 cm³/mol. The SMILES string of the molecule is Cc1nc(Cl)cc(-n2cc(Br)cn2)n1. The molecule has 0 saturated carbocycles. The first kappa shape index (κ1) is 9.61. The van der Waals surface area contributed by atoms with E-state index >= 15 is 0 Å². The fraction of sp³-hybridized carbons (Fsp3) is 0.125. The smallest absolute Gasteiger partial charge is 0.158 e. The predicted octanol–water partition coefficient (Wildman–Crippen LogP) is 2.39. The van der Waals surface area contributed by atoms with Crippen LogP contribution in [0.3, 0.4) is 0 Å². The molecule has 0 unspecified atom stereocenters. The Morgan fingerprint density at radius 1 is 1.43 bits per heavy atom. The van der Waals surface area contributed by atoms with Gasteiger partial charge in [0.2, 0.25) is 0 Å². The van der Waals surface area contributed by atoms with E-state index in [-0.39, 0.29) is 0 Å². The van der Waals surface area contributed by atoms with E-state index < -0.39 is 0 Å². The summed E-state index contributed by atoms with van der Waals surface area (Å²) in [6.45, 7) is 1.79. The maximum Gasteiger partial charge on any atom is 0.158 e. The number of nitrogens with zero attached hydrogens (tertiary/aromatic N) is 4. The number of halogens is 2. The van der Waals surface area contributed by atoms with Crippen molar-refractivity contribution < 1.29 is 0 Å². The number of hydrogen-bond acceptors (Lipinski definition) is 3. The first-order chi connectivity index (χ1) is 6.65. The molecule has 0 aliphatic rings. The molecule has 0 bridgehead atoms. The summed E-state index contributed by atoms with van der Waals surface area (Å²) < 4.78 is 2.52. The van der Waals surface area contributed by atoms with Crippen LogP contribution in [0.15, 0.2) is 22.9 Å². The zero-order valence-corrected chi connectivity index (χ0v) is 9.62.